The fourth-order valence-corrected chi connectivity index (χ4v) is 8.18. The maximum absolute atomic E-state index is 12.1. The summed E-state index contributed by atoms with van der Waals surface area (Å²) in [5.74, 6) is 0.771. The minimum absolute atomic E-state index is 0.137. The summed E-state index contributed by atoms with van der Waals surface area (Å²) in [6.07, 6.45) is 1.81. The molecular formula is C53H42N4O. The Morgan fingerprint density at radius 2 is 1.22 bits per heavy atom. The second kappa shape index (κ2) is 13.7. The first-order valence-electron chi connectivity index (χ1n) is 21.0. The van der Waals surface area contributed by atoms with Gasteiger partial charge in [-0.25, -0.2) is 4.98 Å². The Morgan fingerprint density at radius 1 is 0.534 bits per heavy atom. The lowest BCUT2D eigenvalue weighted by molar-refractivity contribution is 0.477. The average molecular weight is 754 g/mol. The van der Waals surface area contributed by atoms with Crippen LogP contribution >= 0.6 is 0 Å². The van der Waals surface area contributed by atoms with Crippen LogP contribution in [0.1, 0.15) is 36.0 Å². The van der Waals surface area contributed by atoms with Crippen LogP contribution in [0.2, 0.25) is 0 Å². The van der Waals surface area contributed by atoms with Crippen molar-refractivity contribution in [2.24, 2.45) is 0 Å². The minimum Gasteiger partial charge on any atom is -0.507 e. The van der Waals surface area contributed by atoms with E-state index in [0.717, 1.165) is 83.3 Å². The van der Waals surface area contributed by atoms with E-state index < -0.39 is 6.85 Å². The minimum atomic E-state index is -2.16. The van der Waals surface area contributed by atoms with Gasteiger partial charge in [0.15, 0.2) is 0 Å². The summed E-state index contributed by atoms with van der Waals surface area (Å²) in [7, 11) is 0. The predicted octanol–water partition coefficient (Wildman–Crippen LogP) is 13.5. The smallest absolute Gasteiger partial charge is 0.149 e. The van der Waals surface area contributed by atoms with Gasteiger partial charge in [0.2, 0.25) is 0 Å². The van der Waals surface area contributed by atoms with Crippen LogP contribution in [0.3, 0.4) is 0 Å². The van der Waals surface area contributed by atoms with E-state index >= 15 is 0 Å². The molecule has 7 aromatic carbocycles. The number of phenolic OH excluding ortho intramolecular Hbond substituents is 1. The van der Waals surface area contributed by atoms with Gasteiger partial charge in [-0.05, 0) is 101 Å². The zero-order valence-corrected chi connectivity index (χ0v) is 32.5. The molecule has 0 radical (unpaired) electrons. The maximum atomic E-state index is 12.1. The molecule has 280 valence electrons. The zero-order chi connectivity index (χ0) is 42.0. The summed E-state index contributed by atoms with van der Waals surface area (Å²) in [6.45, 7) is 4.47. The number of aryl methyl sites for hydroxylation is 1. The number of benzene rings is 7. The topological polar surface area (TPSA) is 55.9 Å². The number of para-hydroxylation sites is 4. The van der Waals surface area contributed by atoms with Crippen LogP contribution in [0.5, 0.6) is 5.75 Å². The summed E-state index contributed by atoms with van der Waals surface area (Å²) in [4.78, 5) is 10.3. The van der Waals surface area contributed by atoms with E-state index in [4.69, 9.17) is 14.1 Å². The van der Waals surface area contributed by atoms with Gasteiger partial charge in [0.25, 0.3) is 0 Å². The fourth-order valence-electron chi connectivity index (χ4n) is 8.18. The molecule has 1 N–H and O–H groups in total. The Balaban J connectivity index is 1.17. The highest BCUT2D eigenvalue weighted by molar-refractivity contribution is 6.11. The van der Waals surface area contributed by atoms with Gasteiger partial charge >= 0.3 is 0 Å². The van der Waals surface area contributed by atoms with Crippen molar-refractivity contribution in [3.63, 3.8) is 0 Å². The molecule has 0 aliphatic rings. The van der Waals surface area contributed by atoms with Crippen LogP contribution in [0.4, 0.5) is 0 Å². The predicted molar refractivity (Wildman–Crippen MR) is 240 cm³/mol. The number of fused-ring (bicyclic) bond motifs is 4. The van der Waals surface area contributed by atoms with Crippen LogP contribution in [0.15, 0.2) is 176 Å². The largest absolute Gasteiger partial charge is 0.507 e. The Kier molecular flexibility index (Phi) is 7.56. The average Bonchev–Trinajstić information content (AvgIpc) is 3.81. The van der Waals surface area contributed by atoms with Crippen LogP contribution in [0.25, 0.3) is 89.1 Å². The molecule has 0 spiro atoms. The number of aromatic hydroxyl groups is 1. The lowest BCUT2D eigenvalue weighted by Crippen LogP contribution is -2.11. The third kappa shape index (κ3) is 6.03. The number of phenols is 1. The van der Waals surface area contributed by atoms with Gasteiger partial charge in [-0.3, -0.25) is 9.55 Å². The molecule has 0 atom stereocenters. The van der Waals surface area contributed by atoms with E-state index in [9.17, 15) is 5.11 Å². The van der Waals surface area contributed by atoms with Crippen molar-refractivity contribution >= 4 is 32.8 Å². The molecule has 0 aliphatic heterocycles. The van der Waals surface area contributed by atoms with Crippen molar-refractivity contribution < 1.29 is 9.22 Å². The standard InChI is InChI=1S/C53H42N4O/c1-34-22-24-35(25-23-34)36-26-27-54-46(31-36)38-28-37(29-39(30-38)53(2,3)4)42-19-13-21-48-51(42)55-52(57(48)41-16-9-6-10-17-41)45-32-44-43-18-11-12-20-47(43)56(49(44)33-50(45)58)40-14-7-5-8-15-40/h5-33,58H,1-4H3/i1D3. The van der Waals surface area contributed by atoms with Crippen molar-refractivity contribution in [2.75, 3.05) is 0 Å². The van der Waals surface area contributed by atoms with E-state index in [1.807, 2.05) is 66.7 Å². The monoisotopic (exact) mass is 753 g/mol. The van der Waals surface area contributed by atoms with E-state index in [1.165, 1.54) is 0 Å². The maximum Gasteiger partial charge on any atom is 0.149 e. The number of hydrogen-bond donors (Lipinski definition) is 1. The summed E-state index contributed by atoms with van der Waals surface area (Å²) in [5, 5.41) is 14.2. The first-order chi connectivity index (χ1) is 29.4. The van der Waals surface area contributed by atoms with E-state index in [1.54, 1.807) is 18.3 Å². The molecule has 3 heterocycles. The lowest BCUT2D eigenvalue weighted by atomic mass is 9.83. The second-order valence-corrected chi connectivity index (χ2v) is 15.9. The first-order valence-corrected chi connectivity index (χ1v) is 19.5. The van der Waals surface area contributed by atoms with Gasteiger partial charge in [-0.1, -0.05) is 123 Å². The van der Waals surface area contributed by atoms with Gasteiger partial charge in [-0.2, -0.15) is 0 Å². The lowest BCUT2D eigenvalue weighted by Gasteiger charge is -2.22. The molecule has 0 saturated carbocycles. The summed E-state index contributed by atoms with van der Waals surface area (Å²) >= 11 is 0. The molecule has 0 saturated heterocycles. The highest BCUT2D eigenvalue weighted by Gasteiger charge is 2.24. The van der Waals surface area contributed by atoms with Gasteiger partial charge in [0, 0.05) is 49.6 Å². The fraction of sp³-hybridized carbons (Fsp3) is 0.0943. The number of hydrogen-bond acceptors (Lipinski definition) is 3. The van der Waals surface area contributed by atoms with Crippen molar-refractivity contribution in [3.05, 3.63) is 187 Å². The van der Waals surface area contributed by atoms with Crippen molar-refractivity contribution in [3.8, 4) is 62.0 Å². The van der Waals surface area contributed by atoms with Crippen molar-refractivity contribution in [1.82, 2.24) is 19.1 Å². The SMILES string of the molecule is [2H]C([2H])([2H])c1ccc(-c2ccnc(-c3cc(-c4cccc5c4nc(-c4cc6c7ccccc7n(-c7ccccc7)c6cc4O)n5-c4ccccc4)cc(C(C)(C)C)c3)c2)cc1. The molecule has 0 unspecified atom stereocenters. The van der Waals surface area contributed by atoms with E-state index in [2.05, 4.69) is 121 Å². The first kappa shape index (κ1) is 31.9. The molecule has 0 bridgehead atoms. The molecule has 5 nitrogen and oxygen atoms in total. The quantitative estimate of drug-likeness (QED) is 0.184. The van der Waals surface area contributed by atoms with Gasteiger partial charge in [-0.15, -0.1) is 0 Å². The molecule has 0 fully saturated rings. The molecule has 0 aliphatic carbocycles. The van der Waals surface area contributed by atoms with Gasteiger partial charge < -0.3 is 9.67 Å². The number of pyridine rings is 1. The van der Waals surface area contributed by atoms with Crippen LogP contribution < -0.4 is 0 Å². The van der Waals surface area contributed by atoms with Gasteiger partial charge in [0.05, 0.1) is 33.3 Å². The Bertz CT molecular complexity index is 3270. The van der Waals surface area contributed by atoms with E-state index in [0.29, 0.717) is 17.0 Å². The molecule has 3 aromatic heterocycles. The number of rotatable bonds is 6. The van der Waals surface area contributed by atoms with Crippen molar-refractivity contribution in [1.29, 1.82) is 0 Å². The van der Waals surface area contributed by atoms with Crippen LogP contribution in [-0.2, 0) is 5.41 Å². The Hall–Kier alpha value is -7.24. The van der Waals surface area contributed by atoms with Gasteiger partial charge in [0.1, 0.15) is 11.6 Å². The summed E-state index contributed by atoms with van der Waals surface area (Å²) in [5.41, 5.74) is 13.1. The van der Waals surface area contributed by atoms with E-state index in [-0.39, 0.29) is 11.2 Å². The third-order valence-electron chi connectivity index (χ3n) is 11.1. The third-order valence-corrected chi connectivity index (χ3v) is 11.1. The number of imidazole rings is 1. The van der Waals surface area contributed by atoms with Crippen LogP contribution in [0, 0.1) is 6.85 Å². The Morgan fingerprint density at radius 3 is 1.97 bits per heavy atom. The molecule has 5 heteroatoms. The highest BCUT2D eigenvalue weighted by atomic mass is 16.3. The molecule has 58 heavy (non-hydrogen) atoms. The highest BCUT2D eigenvalue weighted by Crippen LogP contribution is 2.43. The molecular weight excluding hydrogens is 709 g/mol. The normalized spacial score (nSPS) is 12.8. The van der Waals surface area contributed by atoms with Crippen molar-refractivity contribution in [2.45, 2.75) is 33.0 Å². The second-order valence-electron chi connectivity index (χ2n) is 15.9. The number of nitrogens with zero attached hydrogens (tertiary/aromatic N) is 4. The molecule has 10 rings (SSSR count). The summed E-state index contributed by atoms with van der Waals surface area (Å²) < 4.78 is 27.8. The summed E-state index contributed by atoms with van der Waals surface area (Å²) in [6, 6.07) is 56.7. The molecule has 10 aromatic rings. The Labute approximate surface area is 342 Å². The molecule has 0 amide bonds. The van der Waals surface area contributed by atoms with Crippen LogP contribution in [-0.4, -0.2) is 24.2 Å². The zero-order valence-electron chi connectivity index (χ0n) is 35.5. The number of aromatic nitrogens is 4.